The summed E-state index contributed by atoms with van der Waals surface area (Å²) in [7, 11) is 0. The van der Waals surface area contributed by atoms with Crippen LogP contribution in [0.5, 0.6) is 0 Å². The molecular formula is C18H20N2O4. The molecule has 0 unspecified atom stereocenters. The molecule has 2 N–H and O–H groups in total. The van der Waals surface area contributed by atoms with E-state index in [0.29, 0.717) is 16.9 Å². The minimum Gasteiger partial charge on any atom is -0.450 e. The summed E-state index contributed by atoms with van der Waals surface area (Å²) in [4.78, 5) is 38.5. The molecule has 126 valence electrons. The van der Waals surface area contributed by atoms with Crippen LogP contribution in [-0.2, 0) is 9.53 Å². The van der Waals surface area contributed by atoms with Crippen LogP contribution < -0.4 is 5.32 Å². The first-order chi connectivity index (χ1) is 11.4. The van der Waals surface area contributed by atoms with Crippen LogP contribution in [0.25, 0.3) is 0 Å². The highest BCUT2D eigenvalue weighted by molar-refractivity contribution is 6.01. The van der Waals surface area contributed by atoms with Crippen LogP contribution in [0.15, 0.2) is 42.6 Å². The number of Topliss-reactive ketones (excluding diaryl/α,β-unsaturated/α-hetero) is 1. The SMILES string of the molecule is CC(C)C(=O)Nc1ccc(C(=O)[C@@H](C)OC(=O)c2ccc[nH]2)cc1. The fourth-order valence-corrected chi connectivity index (χ4v) is 1.97. The Hall–Kier alpha value is -2.89. The van der Waals surface area contributed by atoms with Gasteiger partial charge in [0, 0.05) is 23.4 Å². The van der Waals surface area contributed by atoms with Gasteiger partial charge in [0.15, 0.2) is 6.10 Å². The van der Waals surface area contributed by atoms with Gasteiger partial charge in [-0.25, -0.2) is 4.79 Å². The third kappa shape index (κ3) is 4.32. The van der Waals surface area contributed by atoms with Gasteiger partial charge in [0.1, 0.15) is 5.69 Å². The monoisotopic (exact) mass is 328 g/mol. The number of H-pyrrole nitrogens is 1. The summed E-state index contributed by atoms with van der Waals surface area (Å²) in [6, 6.07) is 9.73. The molecule has 1 atom stereocenters. The van der Waals surface area contributed by atoms with Gasteiger partial charge in [-0.1, -0.05) is 13.8 Å². The number of hydrogen-bond donors (Lipinski definition) is 2. The van der Waals surface area contributed by atoms with Crippen molar-refractivity contribution in [2.75, 3.05) is 5.32 Å². The second-order valence-electron chi connectivity index (χ2n) is 5.72. The first kappa shape index (κ1) is 17.5. The Morgan fingerprint density at radius 3 is 2.25 bits per heavy atom. The maximum absolute atomic E-state index is 12.3. The molecule has 1 aromatic carbocycles. The van der Waals surface area contributed by atoms with Gasteiger partial charge >= 0.3 is 5.97 Å². The topological polar surface area (TPSA) is 88.3 Å². The summed E-state index contributed by atoms with van der Waals surface area (Å²) >= 11 is 0. The minimum atomic E-state index is -0.906. The van der Waals surface area contributed by atoms with Crippen molar-refractivity contribution in [3.05, 3.63) is 53.9 Å². The molecule has 6 heteroatoms. The molecule has 0 spiro atoms. The lowest BCUT2D eigenvalue weighted by atomic mass is 10.1. The molecule has 0 saturated heterocycles. The van der Waals surface area contributed by atoms with E-state index in [2.05, 4.69) is 10.3 Å². The molecule has 0 fully saturated rings. The number of carbonyl (C=O) groups excluding carboxylic acids is 3. The van der Waals surface area contributed by atoms with E-state index in [9.17, 15) is 14.4 Å². The van der Waals surface area contributed by atoms with Crippen molar-refractivity contribution in [3.8, 4) is 0 Å². The molecule has 1 heterocycles. The molecule has 2 rings (SSSR count). The number of anilines is 1. The fourth-order valence-electron chi connectivity index (χ4n) is 1.97. The average Bonchev–Trinajstić information content (AvgIpc) is 3.09. The van der Waals surface area contributed by atoms with E-state index >= 15 is 0 Å². The zero-order valence-corrected chi connectivity index (χ0v) is 13.8. The fraction of sp³-hybridized carbons (Fsp3) is 0.278. The zero-order valence-electron chi connectivity index (χ0n) is 13.8. The van der Waals surface area contributed by atoms with Crippen LogP contribution in [0.4, 0.5) is 5.69 Å². The predicted octanol–water partition coefficient (Wildman–Crippen LogP) is 3.04. The largest absolute Gasteiger partial charge is 0.450 e. The molecule has 0 bridgehead atoms. The van der Waals surface area contributed by atoms with Crippen molar-refractivity contribution >= 4 is 23.3 Å². The van der Waals surface area contributed by atoms with E-state index in [1.165, 1.54) is 6.92 Å². The maximum atomic E-state index is 12.3. The number of hydrogen-bond acceptors (Lipinski definition) is 4. The number of rotatable bonds is 6. The van der Waals surface area contributed by atoms with Crippen LogP contribution in [0.3, 0.4) is 0 Å². The molecule has 0 aliphatic carbocycles. The van der Waals surface area contributed by atoms with Crippen molar-refractivity contribution in [1.82, 2.24) is 4.98 Å². The van der Waals surface area contributed by atoms with Crippen LogP contribution in [-0.4, -0.2) is 28.7 Å². The number of ketones is 1. The standard InChI is InChI=1S/C18H20N2O4/c1-11(2)17(22)20-14-8-6-13(7-9-14)16(21)12(3)24-18(23)15-5-4-10-19-15/h4-12,19H,1-3H3,(H,20,22)/t12-/m1/s1. The van der Waals surface area contributed by atoms with Crippen LogP contribution in [0.1, 0.15) is 41.6 Å². The molecule has 0 aliphatic rings. The quantitative estimate of drug-likeness (QED) is 0.630. The molecule has 0 saturated carbocycles. The summed E-state index contributed by atoms with van der Waals surface area (Å²) in [5.41, 5.74) is 1.31. The van der Waals surface area contributed by atoms with E-state index in [1.54, 1.807) is 56.4 Å². The summed E-state index contributed by atoms with van der Waals surface area (Å²) in [5.74, 6) is -1.11. The molecular weight excluding hydrogens is 308 g/mol. The zero-order chi connectivity index (χ0) is 17.7. The van der Waals surface area contributed by atoms with E-state index in [-0.39, 0.29) is 17.6 Å². The summed E-state index contributed by atoms with van der Waals surface area (Å²) < 4.78 is 5.15. The number of benzene rings is 1. The highest BCUT2D eigenvalue weighted by atomic mass is 16.5. The van der Waals surface area contributed by atoms with Gasteiger partial charge in [0.25, 0.3) is 0 Å². The van der Waals surface area contributed by atoms with E-state index < -0.39 is 12.1 Å². The van der Waals surface area contributed by atoms with Gasteiger partial charge in [0.2, 0.25) is 11.7 Å². The van der Waals surface area contributed by atoms with Crippen molar-refractivity contribution < 1.29 is 19.1 Å². The second-order valence-corrected chi connectivity index (χ2v) is 5.72. The number of ether oxygens (including phenoxy) is 1. The van der Waals surface area contributed by atoms with Gasteiger partial charge in [-0.3, -0.25) is 9.59 Å². The van der Waals surface area contributed by atoms with Gasteiger partial charge < -0.3 is 15.0 Å². The Morgan fingerprint density at radius 1 is 1.04 bits per heavy atom. The Labute approximate surface area is 140 Å². The molecule has 0 radical (unpaired) electrons. The number of esters is 1. The molecule has 2 aromatic rings. The normalized spacial score (nSPS) is 11.8. The summed E-state index contributed by atoms with van der Waals surface area (Å²) in [6.45, 7) is 5.12. The Balaban J connectivity index is 1.99. The highest BCUT2D eigenvalue weighted by Gasteiger charge is 2.20. The molecule has 0 aliphatic heterocycles. The number of amides is 1. The number of aromatic amines is 1. The lowest BCUT2D eigenvalue weighted by Crippen LogP contribution is -2.24. The van der Waals surface area contributed by atoms with Gasteiger partial charge in [0.05, 0.1) is 0 Å². The predicted molar refractivity (Wildman–Crippen MR) is 89.9 cm³/mol. The Bertz CT molecular complexity index is 718. The molecule has 1 amide bonds. The van der Waals surface area contributed by atoms with E-state index in [0.717, 1.165) is 0 Å². The first-order valence-electron chi connectivity index (χ1n) is 7.68. The second kappa shape index (κ2) is 7.59. The lowest BCUT2D eigenvalue weighted by Gasteiger charge is -2.12. The Morgan fingerprint density at radius 2 is 1.71 bits per heavy atom. The van der Waals surface area contributed by atoms with Gasteiger partial charge in [-0.15, -0.1) is 0 Å². The van der Waals surface area contributed by atoms with Crippen LogP contribution in [0, 0.1) is 5.92 Å². The van der Waals surface area contributed by atoms with E-state index in [1.807, 2.05) is 0 Å². The summed E-state index contributed by atoms with van der Waals surface area (Å²) in [5, 5.41) is 2.75. The van der Waals surface area contributed by atoms with Gasteiger partial charge in [-0.05, 0) is 43.3 Å². The number of nitrogens with one attached hydrogen (secondary N) is 2. The smallest absolute Gasteiger partial charge is 0.355 e. The third-order valence-electron chi connectivity index (χ3n) is 3.43. The first-order valence-corrected chi connectivity index (χ1v) is 7.68. The number of carbonyl (C=O) groups is 3. The van der Waals surface area contributed by atoms with Crippen molar-refractivity contribution in [2.24, 2.45) is 5.92 Å². The highest BCUT2D eigenvalue weighted by Crippen LogP contribution is 2.14. The summed E-state index contributed by atoms with van der Waals surface area (Å²) in [6.07, 6.45) is 0.699. The third-order valence-corrected chi connectivity index (χ3v) is 3.43. The molecule has 1 aromatic heterocycles. The molecule has 6 nitrogen and oxygen atoms in total. The van der Waals surface area contributed by atoms with Crippen LogP contribution in [0.2, 0.25) is 0 Å². The number of aromatic nitrogens is 1. The lowest BCUT2D eigenvalue weighted by molar-refractivity contribution is -0.118. The molecule has 24 heavy (non-hydrogen) atoms. The maximum Gasteiger partial charge on any atom is 0.355 e. The average molecular weight is 328 g/mol. The van der Waals surface area contributed by atoms with E-state index in [4.69, 9.17) is 4.74 Å². The minimum absolute atomic E-state index is 0.0951. The van der Waals surface area contributed by atoms with Crippen molar-refractivity contribution in [1.29, 1.82) is 0 Å². The van der Waals surface area contributed by atoms with Crippen molar-refractivity contribution in [3.63, 3.8) is 0 Å². The Kier molecular flexibility index (Phi) is 5.52. The van der Waals surface area contributed by atoms with Crippen LogP contribution >= 0.6 is 0 Å². The van der Waals surface area contributed by atoms with Crippen molar-refractivity contribution in [2.45, 2.75) is 26.9 Å². The van der Waals surface area contributed by atoms with Gasteiger partial charge in [-0.2, -0.15) is 0 Å².